The zero-order valence-corrected chi connectivity index (χ0v) is 14.6. The van der Waals surface area contributed by atoms with E-state index in [9.17, 15) is 4.79 Å². The van der Waals surface area contributed by atoms with E-state index in [1.165, 1.54) is 12.8 Å². The molecule has 3 rings (SSSR count). The SMILES string of the molecule is NC(=O)CC1CC(Oc2ccc(Cl)c(CN3CCCC3)c2Cl)C1. The van der Waals surface area contributed by atoms with Crippen LogP contribution in [0.5, 0.6) is 5.75 Å². The van der Waals surface area contributed by atoms with Crippen LogP contribution in [0.2, 0.25) is 10.0 Å². The van der Waals surface area contributed by atoms with Crippen LogP contribution >= 0.6 is 23.2 Å². The lowest BCUT2D eigenvalue weighted by Gasteiger charge is -2.35. The average Bonchev–Trinajstić information content (AvgIpc) is 2.96. The Morgan fingerprint density at radius 1 is 1.26 bits per heavy atom. The molecular formula is C17H22Cl2N2O2. The average molecular weight is 357 g/mol. The summed E-state index contributed by atoms with van der Waals surface area (Å²) < 4.78 is 5.99. The number of benzene rings is 1. The lowest BCUT2D eigenvalue weighted by molar-refractivity contribution is -0.120. The van der Waals surface area contributed by atoms with Crippen LogP contribution in [-0.4, -0.2) is 30.0 Å². The molecule has 0 aromatic heterocycles. The minimum absolute atomic E-state index is 0.109. The van der Waals surface area contributed by atoms with Gasteiger partial charge in [-0.3, -0.25) is 9.69 Å². The number of ether oxygens (including phenoxy) is 1. The summed E-state index contributed by atoms with van der Waals surface area (Å²) in [6, 6.07) is 3.69. The molecule has 1 saturated heterocycles. The fourth-order valence-electron chi connectivity index (χ4n) is 3.38. The standard InChI is InChI=1S/C17H22Cl2N2O2/c18-14-3-4-15(23-12-7-11(8-12)9-16(20)22)17(19)13(14)10-21-5-1-2-6-21/h3-4,11-12H,1-2,5-10H2,(H2,20,22). The van der Waals surface area contributed by atoms with Gasteiger partial charge in [0.15, 0.2) is 0 Å². The highest BCUT2D eigenvalue weighted by Gasteiger charge is 2.32. The molecule has 2 aliphatic rings. The topological polar surface area (TPSA) is 55.6 Å². The van der Waals surface area contributed by atoms with Crippen molar-refractivity contribution in [3.8, 4) is 5.75 Å². The van der Waals surface area contributed by atoms with Gasteiger partial charge in [0.1, 0.15) is 5.75 Å². The number of carbonyl (C=O) groups is 1. The smallest absolute Gasteiger partial charge is 0.217 e. The van der Waals surface area contributed by atoms with Gasteiger partial charge in [-0.2, -0.15) is 0 Å². The van der Waals surface area contributed by atoms with Crippen LogP contribution in [0, 0.1) is 5.92 Å². The minimum atomic E-state index is -0.245. The maximum atomic E-state index is 10.9. The summed E-state index contributed by atoms with van der Waals surface area (Å²) in [7, 11) is 0. The van der Waals surface area contributed by atoms with Gasteiger partial charge < -0.3 is 10.5 Å². The molecule has 0 atom stereocenters. The monoisotopic (exact) mass is 356 g/mol. The number of nitrogens with zero attached hydrogens (tertiary/aromatic N) is 1. The number of primary amides is 1. The Hall–Kier alpha value is -0.970. The first kappa shape index (κ1) is 16.9. The van der Waals surface area contributed by atoms with E-state index in [0.29, 0.717) is 28.1 Å². The van der Waals surface area contributed by atoms with E-state index in [0.717, 1.165) is 38.0 Å². The maximum absolute atomic E-state index is 10.9. The molecule has 126 valence electrons. The van der Waals surface area contributed by atoms with Crippen molar-refractivity contribution in [3.05, 3.63) is 27.7 Å². The Balaban J connectivity index is 1.63. The first-order valence-electron chi connectivity index (χ1n) is 8.17. The summed E-state index contributed by atoms with van der Waals surface area (Å²) in [5.74, 6) is 0.784. The van der Waals surface area contributed by atoms with Gasteiger partial charge in [0.05, 0.1) is 11.1 Å². The number of likely N-dealkylation sites (tertiary alicyclic amines) is 1. The predicted octanol–water partition coefficient (Wildman–Crippen LogP) is 3.62. The molecular weight excluding hydrogens is 335 g/mol. The van der Waals surface area contributed by atoms with Gasteiger partial charge in [0.25, 0.3) is 0 Å². The van der Waals surface area contributed by atoms with E-state index in [4.69, 9.17) is 33.7 Å². The fraction of sp³-hybridized carbons (Fsp3) is 0.588. The van der Waals surface area contributed by atoms with Crippen LogP contribution in [-0.2, 0) is 11.3 Å². The van der Waals surface area contributed by atoms with Crippen LogP contribution in [0.15, 0.2) is 12.1 Å². The highest BCUT2D eigenvalue weighted by Crippen LogP contribution is 2.39. The molecule has 1 aromatic carbocycles. The Morgan fingerprint density at radius 2 is 1.96 bits per heavy atom. The molecule has 1 aromatic rings. The Kier molecular flexibility index (Phi) is 5.34. The van der Waals surface area contributed by atoms with E-state index in [1.807, 2.05) is 12.1 Å². The molecule has 1 heterocycles. The van der Waals surface area contributed by atoms with Crippen molar-refractivity contribution in [1.29, 1.82) is 0 Å². The van der Waals surface area contributed by atoms with E-state index in [-0.39, 0.29) is 12.0 Å². The van der Waals surface area contributed by atoms with E-state index < -0.39 is 0 Å². The molecule has 1 amide bonds. The maximum Gasteiger partial charge on any atom is 0.217 e. The van der Waals surface area contributed by atoms with Crippen molar-refractivity contribution in [2.45, 2.75) is 44.8 Å². The summed E-state index contributed by atoms with van der Waals surface area (Å²) >= 11 is 12.9. The second kappa shape index (κ2) is 7.29. The Labute approximate surface area is 146 Å². The molecule has 2 N–H and O–H groups in total. The minimum Gasteiger partial charge on any atom is -0.489 e. The summed E-state index contributed by atoms with van der Waals surface area (Å²) in [5, 5.41) is 1.30. The van der Waals surface area contributed by atoms with Crippen LogP contribution in [0.3, 0.4) is 0 Å². The van der Waals surface area contributed by atoms with Crippen molar-refractivity contribution < 1.29 is 9.53 Å². The second-order valence-electron chi connectivity index (χ2n) is 6.57. The fourth-order valence-corrected chi connectivity index (χ4v) is 3.91. The van der Waals surface area contributed by atoms with Crippen LogP contribution in [0.4, 0.5) is 0 Å². The van der Waals surface area contributed by atoms with Gasteiger partial charge in [-0.05, 0) is 56.8 Å². The molecule has 2 fully saturated rings. The van der Waals surface area contributed by atoms with Gasteiger partial charge in [-0.25, -0.2) is 0 Å². The number of rotatable bonds is 6. The highest BCUT2D eigenvalue weighted by atomic mass is 35.5. The number of carbonyl (C=O) groups excluding carboxylic acids is 1. The van der Waals surface area contributed by atoms with Gasteiger partial charge in [-0.1, -0.05) is 23.2 Å². The Bertz CT molecular complexity index is 582. The van der Waals surface area contributed by atoms with Gasteiger partial charge in [0, 0.05) is 23.6 Å². The third-order valence-electron chi connectivity index (χ3n) is 4.71. The Morgan fingerprint density at radius 3 is 2.61 bits per heavy atom. The normalized spacial score (nSPS) is 24.4. The largest absolute Gasteiger partial charge is 0.489 e. The van der Waals surface area contributed by atoms with Crippen LogP contribution in [0.25, 0.3) is 0 Å². The molecule has 0 spiro atoms. The number of nitrogens with two attached hydrogens (primary N) is 1. The zero-order chi connectivity index (χ0) is 16.4. The first-order chi connectivity index (χ1) is 11.0. The summed E-state index contributed by atoms with van der Waals surface area (Å²) in [4.78, 5) is 13.3. The van der Waals surface area contributed by atoms with Crippen LogP contribution in [0.1, 0.15) is 37.7 Å². The molecule has 0 radical (unpaired) electrons. The van der Waals surface area contributed by atoms with Crippen molar-refractivity contribution in [2.24, 2.45) is 11.7 Å². The predicted molar refractivity (Wildman–Crippen MR) is 91.9 cm³/mol. The molecule has 1 aliphatic carbocycles. The summed E-state index contributed by atoms with van der Waals surface area (Å²) in [6.45, 7) is 2.95. The number of halogens is 2. The molecule has 0 unspecified atom stereocenters. The first-order valence-corrected chi connectivity index (χ1v) is 8.92. The van der Waals surface area contributed by atoms with Gasteiger partial charge in [0.2, 0.25) is 5.91 Å². The summed E-state index contributed by atoms with van der Waals surface area (Å²) in [6.07, 6.45) is 4.71. The van der Waals surface area contributed by atoms with Crippen molar-refractivity contribution >= 4 is 29.1 Å². The highest BCUT2D eigenvalue weighted by molar-refractivity contribution is 6.36. The molecule has 4 nitrogen and oxygen atoms in total. The van der Waals surface area contributed by atoms with Crippen molar-refractivity contribution in [2.75, 3.05) is 13.1 Å². The van der Waals surface area contributed by atoms with E-state index in [1.54, 1.807) is 0 Å². The number of hydrogen-bond acceptors (Lipinski definition) is 3. The molecule has 6 heteroatoms. The third kappa shape index (κ3) is 4.11. The van der Waals surface area contributed by atoms with Crippen molar-refractivity contribution in [1.82, 2.24) is 4.90 Å². The quantitative estimate of drug-likeness (QED) is 0.846. The molecule has 0 bridgehead atoms. The van der Waals surface area contributed by atoms with Gasteiger partial charge >= 0.3 is 0 Å². The van der Waals surface area contributed by atoms with E-state index >= 15 is 0 Å². The van der Waals surface area contributed by atoms with Crippen LogP contribution < -0.4 is 10.5 Å². The molecule has 1 aliphatic heterocycles. The van der Waals surface area contributed by atoms with E-state index in [2.05, 4.69) is 4.90 Å². The van der Waals surface area contributed by atoms with Gasteiger partial charge in [-0.15, -0.1) is 0 Å². The summed E-state index contributed by atoms with van der Waals surface area (Å²) in [5.41, 5.74) is 6.16. The lowest BCUT2D eigenvalue weighted by Crippen LogP contribution is -2.36. The third-order valence-corrected chi connectivity index (χ3v) is 5.48. The molecule has 23 heavy (non-hydrogen) atoms. The number of hydrogen-bond donors (Lipinski definition) is 1. The van der Waals surface area contributed by atoms with Crippen molar-refractivity contribution in [3.63, 3.8) is 0 Å². The lowest BCUT2D eigenvalue weighted by atomic mass is 9.80. The second-order valence-corrected chi connectivity index (χ2v) is 7.35. The number of amides is 1. The molecule has 1 saturated carbocycles. The zero-order valence-electron chi connectivity index (χ0n) is 13.1.